The summed E-state index contributed by atoms with van der Waals surface area (Å²) in [7, 11) is -3.48. The summed E-state index contributed by atoms with van der Waals surface area (Å²) >= 11 is 7.28. The van der Waals surface area contributed by atoms with E-state index in [-0.39, 0.29) is 32.0 Å². The van der Waals surface area contributed by atoms with Crippen molar-refractivity contribution in [1.82, 2.24) is 15.0 Å². The van der Waals surface area contributed by atoms with Crippen LogP contribution in [0.15, 0.2) is 14.8 Å². The van der Waals surface area contributed by atoms with Gasteiger partial charge in [-0.1, -0.05) is 16.8 Å². The largest absolute Gasteiger partial charge is 0.361 e. The van der Waals surface area contributed by atoms with Gasteiger partial charge in [-0.3, -0.25) is 9.59 Å². The molecule has 8 nitrogen and oxygen atoms in total. The summed E-state index contributed by atoms with van der Waals surface area (Å²) < 4.78 is 28.8. The lowest BCUT2D eigenvalue weighted by molar-refractivity contribution is 0.0564. The number of rotatable bonds is 3. The van der Waals surface area contributed by atoms with Crippen LogP contribution in [0.25, 0.3) is 0 Å². The standard InChI is InChI=1S/C20H24ClN3O5S2/c1-12-15(13(2)29-22-12)18(25)23-7-4-20(5-8-23)6-9-24(11-20)19(26)17-16(21)14(10-30-17)31(3,27)28/h10H,4-9,11H2,1-3H3. The summed E-state index contributed by atoms with van der Waals surface area (Å²) in [4.78, 5) is 29.8. The van der Waals surface area contributed by atoms with E-state index in [1.54, 1.807) is 18.7 Å². The molecule has 2 aliphatic rings. The molecule has 2 aromatic rings. The SMILES string of the molecule is Cc1noc(C)c1C(=O)N1CCC2(CCN(C(=O)c3scc(S(C)(=O)=O)c3Cl)C2)CC1. The number of aromatic nitrogens is 1. The van der Waals surface area contributed by atoms with E-state index in [2.05, 4.69) is 5.16 Å². The fourth-order valence-electron chi connectivity index (χ4n) is 4.51. The number of likely N-dealkylation sites (tertiary alicyclic amines) is 2. The number of hydrogen-bond acceptors (Lipinski definition) is 7. The minimum atomic E-state index is -3.48. The van der Waals surface area contributed by atoms with Gasteiger partial charge >= 0.3 is 0 Å². The fraction of sp³-hybridized carbons (Fsp3) is 0.550. The van der Waals surface area contributed by atoms with E-state index in [4.69, 9.17) is 16.1 Å². The maximum atomic E-state index is 13.0. The zero-order valence-electron chi connectivity index (χ0n) is 17.6. The van der Waals surface area contributed by atoms with Crippen molar-refractivity contribution in [2.75, 3.05) is 32.4 Å². The van der Waals surface area contributed by atoms with Gasteiger partial charge in [-0.2, -0.15) is 0 Å². The highest BCUT2D eigenvalue weighted by Gasteiger charge is 2.44. The molecule has 4 heterocycles. The number of carbonyl (C=O) groups excluding carboxylic acids is 2. The molecule has 0 bridgehead atoms. The molecule has 0 N–H and O–H groups in total. The molecule has 2 aliphatic heterocycles. The zero-order chi connectivity index (χ0) is 22.6. The number of hydrogen-bond donors (Lipinski definition) is 0. The Balaban J connectivity index is 1.42. The Morgan fingerprint density at radius 1 is 1.13 bits per heavy atom. The number of nitrogens with zero attached hydrogens (tertiary/aromatic N) is 3. The van der Waals surface area contributed by atoms with Crippen molar-refractivity contribution in [1.29, 1.82) is 0 Å². The number of sulfone groups is 1. The topological polar surface area (TPSA) is 101 Å². The van der Waals surface area contributed by atoms with E-state index in [9.17, 15) is 18.0 Å². The molecular formula is C20H24ClN3O5S2. The highest BCUT2D eigenvalue weighted by molar-refractivity contribution is 7.91. The van der Waals surface area contributed by atoms with Gasteiger partial charge in [0.05, 0.1) is 15.6 Å². The summed E-state index contributed by atoms with van der Waals surface area (Å²) in [5, 5.41) is 5.31. The first kappa shape index (κ1) is 22.3. The van der Waals surface area contributed by atoms with E-state index in [1.807, 2.05) is 4.90 Å². The van der Waals surface area contributed by atoms with Gasteiger partial charge in [0.2, 0.25) is 0 Å². The smallest absolute Gasteiger partial charge is 0.265 e. The molecule has 0 unspecified atom stereocenters. The average molecular weight is 486 g/mol. The Kier molecular flexibility index (Phi) is 5.68. The summed E-state index contributed by atoms with van der Waals surface area (Å²) in [6.07, 6.45) is 3.54. The van der Waals surface area contributed by atoms with Crippen LogP contribution in [0.4, 0.5) is 0 Å². The number of thiophene rings is 1. The second-order valence-corrected chi connectivity index (χ2v) is 11.7. The maximum absolute atomic E-state index is 13.0. The third-order valence-corrected chi connectivity index (χ3v) is 9.23. The first-order chi connectivity index (χ1) is 14.5. The number of halogens is 1. The highest BCUT2D eigenvalue weighted by Crippen LogP contribution is 2.42. The van der Waals surface area contributed by atoms with Crippen molar-refractivity contribution in [3.63, 3.8) is 0 Å². The van der Waals surface area contributed by atoms with Crippen LogP contribution in [0, 0.1) is 19.3 Å². The van der Waals surface area contributed by atoms with Gasteiger partial charge in [0.25, 0.3) is 11.8 Å². The molecule has 168 valence electrons. The van der Waals surface area contributed by atoms with Crippen molar-refractivity contribution in [3.05, 3.63) is 32.3 Å². The maximum Gasteiger partial charge on any atom is 0.265 e. The number of aryl methyl sites for hydroxylation is 2. The molecule has 11 heteroatoms. The molecule has 31 heavy (non-hydrogen) atoms. The quantitative estimate of drug-likeness (QED) is 0.661. The minimum absolute atomic E-state index is 0.00238. The highest BCUT2D eigenvalue weighted by atomic mass is 35.5. The van der Waals surface area contributed by atoms with Crippen LogP contribution in [-0.4, -0.2) is 67.6 Å². The number of amides is 2. The second-order valence-electron chi connectivity index (χ2n) is 8.48. The van der Waals surface area contributed by atoms with E-state index in [0.717, 1.165) is 36.9 Å². The zero-order valence-corrected chi connectivity index (χ0v) is 20.0. The Bertz CT molecular complexity index is 1130. The average Bonchev–Trinajstić information content (AvgIpc) is 3.39. The molecule has 0 saturated carbocycles. The van der Waals surface area contributed by atoms with Crippen LogP contribution >= 0.6 is 22.9 Å². The monoisotopic (exact) mass is 485 g/mol. The number of carbonyl (C=O) groups is 2. The van der Waals surface area contributed by atoms with Gasteiger partial charge in [-0.15, -0.1) is 11.3 Å². The lowest BCUT2D eigenvalue weighted by Crippen LogP contribution is -2.44. The lowest BCUT2D eigenvalue weighted by atomic mass is 9.77. The molecule has 0 radical (unpaired) electrons. The Morgan fingerprint density at radius 2 is 1.74 bits per heavy atom. The van der Waals surface area contributed by atoms with Crippen LogP contribution in [0.1, 0.15) is 50.7 Å². The summed E-state index contributed by atoms with van der Waals surface area (Å²) in [5.74, 6) is 0.244. The molecular weight excluding hydrogens is 462 g/mol. The first-order valence-corrected chi connectivity index (χ1v) is 13.2. The summed E-state index contributed by atoms with van der Waals surface area (Å²) in [6.45, 7) is 5.91. The molecule has 1 spiro atoms. The van der Waals surface area contributed by atoms with Crippen molar-refractivity contribution in [3.8, 4) is 0 Å². The third kappa shape index (κ3) is 4.01. The molecule has 4 rings (SSSR count). The van der Waals surface area contributed by atoms with Crippen LogP contribution in [0.5, 0.6) is 0 Å². The minimum Gasteiger partial charge on any atom is -0.361 e. The van der Waals surface area contributed by atoms with Gasteiger partial charge in [-0.25, -0.2) is 8.42 Å². The van der Waals surface area contributed by atoms with Crippen LogP contribution in [0.3, 0.4) is 0 Å². The van der Waals surface area contributed by atoms with Crippen molar-refractivity contribution in [2.24, 2.45) is 5.41 Å². The summed E-state index contributed by atoms with van der Waals surface area (Å²) in [5.41, 5.74) is 1.10. The molecule has 2 fully saturated rings. The van der Waals surface area contributed by atoms with Gasteiger partial charge in [0.1, 0.15) is 16.2 Å². The second kappa shape index (κ2) is 7.90. The molecule has 2 saturated heterocycles. The molecule has 0 aromatic carbocycles. The predicted octanol–water partition coefficient (Wildman–Crippen LogP) is 3.18. The molecule has 0 aliphatic carbocycles. The normalized spacial score (nSPS) is 18.7. The van der Waals surface area contributed by atoms with Crippen molar-refractivity contribution in [2.45, 2.75) is 38.0 Å². The van der Waals surface area contributed by atoms with E-state index >= 15 is 0 Å². The van der Waals surface area contributed by atoms with Gasteiger partial charge in [0.15, 0.2) is 9.84 Å². The van der Waals surface area contributed by atoms with Crippen molar-refractivity contribution >= 4 is 44.6 Å². The number of piperidine rings is 1. The van der Waals surface area contributed by atoms with Crippen LogP contribution < -0.4 is 0 Å². The van der Waals surface area contributed by atoms with Gasteiger partial charge < -0.3 is 14.3 Å². The third-order valence-electron chi connectivity index (χ3n) is 6.38. The molecule has 0 atom stereocenters. The van der Waals surface area contributed by atoms with Gasteiger partial charge in [-0.05, 0) is 38.5 Å². The van der Waals surface area contributed by atoms with Gasteiger partial charge in [0, 0.05) is 37.8 Å². The van der Waals surface area contributed by atoms with E-state index < -0.39 is 9.84 Å². The Hall–Kier alpha value is -1.91. The summed E-state index contributed by atoms with van der Waals surface area (Å²) in [6, 6.07) is 0. The Labute approximate surface area is 190 Å². The van der Waals surface area contributed by atoms with Crippen molar-refractivity contribution < 1.29 is 22.5 Å². The van der Waals surface area contributed by atoms with Crippen LogP contribution in [-0.2, 0) is 9.84 Å². The molecule has 2 amide bonds. The fourth-order valence-corrected chi connectivity index (χ4v) is 7.39. The van der Waals surface area contributed by atoms with Crippen LogP contribution in [0.2, 0.25) is 5.02 Å². The lowest BCUT2D eigenvalue weighted by Gasteiger charge is -2.39. The first-order valence-electron chi connectivity index (χ1n) is 10.0. The van der Waals surface area contributed by atoms with E-state index in [1.165, 1.54) is 5.38 Å². The molecule has 2 aromatic heterocycles. The predicted molar refractivity (Wildman–Crippen MR) is 117 cm³/mol. The van der Waals surface area contributed by atoms with E-state index in [0.29, 0.717) is 43.2 Å². The Morgan fingerprint density at radius 3 is 2.26 bits per heavy atom.